The molecule has 2 aromatic heterocycles. The van der Waals surface area contributed by atoms with Crippen LogP contribution in [0.2, 0.25) is 0 Å². The Morgan fingerprint density at radius 2 is 2.00 bits per heavy atom. The van der Waals surface area contributed by atoms with Crippen molar-refractivity contribution in [2.45, 2.75) is 32.7 Å². The van der Waals surface area contributed by atoms with Crippen LogP contribution in [0.15, 0.2) is 45.3 Å². The summed E-state index contributed by atoms with van der Waals surface area (Å²) in [6.07, 6.45) is 1.03. The van der Waals surface area contributed by atoms with Crippen molar-refractivity contribution >= 4 is 28.9 Å². The van der Waals surface area contributed by atoms with E-state index in [1.807, 2.05) is 36.6 Å². The van der Waals surface area contributed by atoms with Crippen molar-refractivity contribution in [1.82, 2.24) is 10.2 Å². The van der Waals surface area contributed by atoms with E-state index in [2.05, 4.69) is 10.3 Å². The lowest BCUT2D eigenvalue weighted by molar-refractivity contribution is -0.136. The summed E-state index contributed by atoms with van der Waals surface area (Å²) in [4.78, 5) is 26.8. The van der Waals surface area contributed by atoms with E-state index in [4.69, 9.17) is 18.7 Å². The number of nitrogens with zero attached hydrogens (tertiary/aromatic N) is 3. The molecule has 0 fully saturated rings. The van der Waals surface area contributed by atoms with Gasteiger partial charge in [-0.2, -0.15) is 5.10 Å². The molecule has 10 heteroatoms. The van der Waals surface area contributed by atoms with E-state index in [0.29, 0.717) is 35.8 Å². The fourth-order valence-corrected chi connectivity index (χ4v) is 4.56. The third kappa shape index (κ3) is 4.54. The molecule has 178 valence electrons. The molecule has 0 aliphatic carbocycles. The van der Waals surface area contributed by atoms with Crippen LogP contribution in [0.25, 0.3) is 0 Å². The molecule has 0 saturated carbocycles. The van der Waals surface area contributed by atoms with E-state index in [1.165, 1.54) is 5.01 Å². The summed E-state index contributed by atoms with van der Waals surface area (Å²) in [5.74, 6) is 0.418. The molecule has 0 N–H and O–H groups in total. The molecular weight excluding hydrogens is 458 g/mol. The zero-order chi connectivity index (χ0) is 24.2. The van der Waals surface area contributed by atoms with Crippen molar-refractivity contribution in [1.29, 1.82) is 0 Å². The Morgan fingerprint density at radius 3 is 2.68 bits per heavy atom. The highest BCUT2D eigenvalue weighted by molar-refractivity contribution is 7.12. The summed E-state index contributed by atoms with van der Waals surface area (Å²) >= 11 is 1.55. The fraction of sp³-hybridized carbons (Fsp3) is 0.333. The van der Waals surface area contributed by atoms with Gasteiger partial charge in [0.15, 0.2) is 18.1 Å². The standard InChI is InChI=1S/C24H25N3O6S/c1-5-16-23(14(2)33-26-16)24(29)32-13-22(28)27-18(12-17(25-27)21-7-6-10-34-21)15-8-9-19(30-3)20(11-15)31-4/h6-11,18H,5,12-13H2,1-4H3. The Bertz CT molecular complexity index is 1220. The van der Waals surface area contributed by atoms with Crippen molar-refractivity contribution in [2.75, 3.05) is 20.8 Å². The number of rotatable bonds is 8. The first kappa shape index (κ1) is 23.5. The number of methoxy groups -OCH3 is 2. The minimum Gasteiger partial charge on any atom is -0.493 e. The number of esters is 1. The van der Waals surface area contributed by atoms with Gasteiger partial charge in [-0.25, -0.2) is 9.80 Å². The number of hydrogen-bond acceptors (Lipinski definition) is 9. The number of amides is 1. The maximum absolute atomic E-state index is 13.2. The number of hydrazone groups is 1. The SMILES string of the molecule is CCc1noc(C)c1C(=O)OCC(=O)N1N=C(c2cccs2)CC1c1ccc(OC)c(OC)c1. The Labute approximate surface area is 200 Å². The van der Waals surface area contributed by atoms with Gasteiger partial charge in [-0.15, -0.1) is 11.3 Å². The van der Waals surface area contributed by atoms with Gasteiger partial charge in [0.1, 0.15) is 11.3 Å². The fourth-order valence-electron chi connectivity index (χ4n) is 3.84. The van der Waals surface area contributed by atoms with Crippen LogP contribution >= 0.6 is 11.3 Å². The maximum atomic E-state index is 13.2. The van der Waals surface area contributed by atoms with Gasteiger partial charge in [0.2, 0.25) is 0 Å². The predicted octanol–water partition coefficient (Wildman–Crippen LogP) is 4.16. The average Bonchev–Trinajstić information content (AvgIpc) is 3.61. The number of carbonyl (C=O) groups excluding carboxylic acids is 2. The van der Waals surface area contributed by atoms with Crippen LogP contribution in [-0.4, -0.2) is 48.6 Å². The van der Waals surface area contributed by atoms with Crippen molar-refractivity contribution in [2.24, 2.45) is 5.10 Å². The van der Waals surface area contributed by atoms with Crippen LogP contribution in [0.4, 0.5) is 0 Å². The van der Waals surface area contributed by atoms with Gasteiger partial charge in [0.25, 0.3) is 5.91 Å². The number of aromatic nitrogens is 1. The molecule has 1 amide bonds. The van der Waals surface area contributed by atoms with E-state index in [9.17, 15) is 9.59 Å². The van der Waals surface area contributed by atoms with E-state index < -0.39 is 18.5 Å². The van der Waals surface area contributed by atoms with Crippen molar-refractivity contribution < 1.29 is 28.3 Å². The van der Waals surface area contributed by atoms with Crippen LogP contribution in [0.1, 0.15) is 51.6 Å². The molecule has 4 rings (SSSR count). The van der Waals surface area contributed by atoms with E-state index in [0.717, 1.165) is 16.2 Å². The molecule has 1 aliphatic rings. The summed E-state index contributed by atoms with van der Waals surface area (Å²) in [6, 6.07) is 9.01. The molecule has 0 saturated heterocycles. The number of thiophene rings is 1. The third-order valence-electron chi connectivity index (χ3n) is 5.56. The first-order chi connectivity index (χ1) is 16.5. The Morgan fingerprint density at radius 1 is 1.21 bits per heavy atom. The second-order valence-corrected chi connectivity index (χ2v) is 8.53. The second kappa shape index (κ2) is 10.1. The van der Waals surface area contributed by atoms with Crippen LogP contribution in [-0.2, 0) is 16.0 Å². The molecule has 1 atom stereocenters. The van der Waals surface area contributed by atoms with Gasteiger partial charge in [0.05, 0.1) is 36.5 Å². The van der Waals surface area contributed by atoms with E-state index >= 15 is 0 Å². The van der Waals surface area contributed by atoms with Crippen molar-refractivity contribution in [3.8, 4) is 11.5 Å². The van der Waals surface area contributed by atoms with Crippen molar-refractivity contribution in [3.05, 3.63) is 63.2 Å². The summed E-state index contributed by atoms with van der Waals surface area (Å²) in [5.41, 5.74) is 2.38. The molecule has 0 spiro atoms. The summed E-state index contributed by atoms with van der Waals surface area (Å²) in [7, 11) is 3.12. The minimum absolute atomic E-state index is 0.260. The molecular formula is C24H25N3O6S. The molecule has 0 bridgehead atoms. The smallest absolute Gasteiger partial charge is 0.344 e. The van der Waals surface area contributed by atoms with Gasteiger partial charge < -0.3 is 18.7 Å². The third-order valence-corrected chi connectivity index (χ3v) is 6.48. The lowest BCUT2D eigenvalue weighted by Gasteiger charge is -2.22. The number of ether oxygens (including phenoxy) is 3. The first-order valence-corrected chi connectivity index (χ1v) is 11.6. The highest BCUT2D eigenvalue weighted by Crippen LogP contribution is 2.38. The zero-order valence-corrected chi connectivity index (χ0v) is 20.2. The Hall–Kier alpha value is -3.66. The monoisotopic (exact) mass is 483 g/mol. The molecule has 3 aromatic rings. The van der Waals surface area contributed by atoms with Crippen LogP contribution in [0.3, 0.4) is 0 Å². The molecule has 34 heavy (non-hydrogen) atoms. The number of benzene rings is 1. The number of carbonyl (C=O) groups is 2. The average molecular weight is 484 g/mol. The van der Waals surface area contributed by atoms with E-state index in [1.54, 1.807) is 38.5 Å². The summed E-state index contributed by atoms with van der Waals surface area (Å²) < 4.78 is 21.2. The molecule has 1 aromatic carbocycles. The molecule has 3 heterocycles. The maximum Gasteiger partial charge on any atom is 0.344 e. The minimum atomic E-state index is -0.645. The zero-order valence-electron chi connectivity index (χ0n) is 19.4. The van der Waals surface area contributed by atoms with Crippen LogP contribution < -0.4 is 9.47 Å². The number of aryl methyl sites for hydroxylation is 2. The Kier molecular flexibility index (Phi) is 6.97. The lowest BCUT2D eigenvalue weighted by Crippen LogP contribution is -2.31. The summed E-state index contributed by atoms with van der Waals surface area (Å²) in [6.45, 7) is 3.03. The molecule has 1 unspecified atom stereocenters. The van der Waals surface area contributed by atoms with Gasteiger partial charge >= 0.3 is 5.97 Å². The van der Waals surface area contributed by atoms with Gasteiger partial charge in [-0.3, -0.25) is 4.79 Å². The molecule has 9 nitrogen and oxygen atoms in total. The Balaban J connectivity index is 1.57. The van der Waals surface area contributed by atoms with E-state index in [-0.39, 0.29) is 11.6 Å². The summed E-state index contributed by atoms with van der Waals surface area (Å²) in [5, 5.41) is 11.8. The quantitative estimate of drug-likeness (QED) is 0.443. The first-order valence-electron chi connectivity index (χ1n) is 10.7. The predicted molar refractivity (Wildman–Crippen MR) is 126 cm³/mol. The van der Waals surface area contributed by atoms with Gasteiger partial charge in [-0.1, -0.05) is 24.2 Å². The normalized spacial score (nSPS) is 15.2. The molecule has 0 radical (unpaired) electrons. The van der Waals surface area contributed by atoms with Gasteiger partial charge in [-0.05, 0) is 42.5 Å². The highest BCUT2D eigenvalue weighted by Gasteiger charge is 2.35. The number of hydrogen-bond donors (Lipinski definition) is 0. The van der Waals surface area contributed by atoms with Crippen LogP contribution in [0, 0.1) is 6.92 Å². The lowest BCUT2D eigenvalue weighted by atomic mass is 10.0. The largest absolute Gasteiger partial charge is 0.493 e. The molecule has 1 aliphatic heterocycles. The highest BCUT2D eigenvalue weighted by atomic mass is 32.1. The van der Waals surface area contributed by atoms with Crippen LogP contribution in [0.5, 0.6) is 11.5 Å². The topological polar surface area (TPSA) is 103 Å². The van der Waals surface area contributed by atoms with Crippen molar-refractivity contribution in [3.63, 3.8) is 0 Å². The second-order valence-electron chi connectivity index (χ2n) is 7.59. The van der Waals surface area contributed by atoms with Gasteiger partial charge in [0, 0.05) is 6.42 Å².